The number of pyridine rings is 1. The lowest BCUT2D eigenvalue weighted by Gasteiger charge is -2.32. The summed E-state index contributed by atoms with van der Waals surface area (Å²) in [7, 11) is -1.47. The Morgan fingerprint density at radius 2 is 2.25 bits per heavy atom. The van der Waals surface area contributed by atoms with Crippen LogP contribution in [0.1, 0.15) is 18.5 Å². The monoisotopic (exact) mass is 353 g/mol. The molecule has 0 unspecified atom stereocenters. The van der Waals surface area contributed by atoms with Crippen LogP contribution in [0.15, 0.2) is 24.4 Å². The Labute approximate surface area is 142 Å². The van der Waals surface area contributed by atoms with Crippen LogP contribution in [0, 0.1) is 5.92 Å². The summed E-state index contributed by atoms with van der Waals surface area (Å²) in [5.74, 6) is 0.182. The lowest BCUT2D eigenvalue weighted by molar-refractivity contribution is -0.142. The molecule has 0 N–H and O–H groups in total. The fraction of sp³-hybridized carbons (Fsp3) is 0.625. The molecule has 8 heteroatoms. The Morgan fingerprint density at radius 3 is 2.92 bits per heavy atom. The molecule has 1 aromatic rings. The van der Waals surface area contributed by atoms with Gasteiger partial charge in [0.25, 0.3) is 5.91 Å². The Bertz CT molecular complexity index is 695. The zero-order chi connectivity index (χ0) is 17.3. The smallest absolute Gasteiger partial charge is 0.251 e. The number of fused-ring (bicyclic) bond motifs is 1. The quantitative estimate of drug-likeness (QED) is 0.787. The molecule has 0 saturated carbocycles. The second-order valence-corrected chi connectivity index (χ2v) is 8.57. The first-order valence-corrected chi connectivity index (χ1v) is 9.95. The Kier molecular flexibility index (Phi) is 4.89. The van der Waals surface area contributed by atoms with Gasteiger partial charge in [0.15, 0.2) is 0 Å². The van der Waals surface area contributed by atoms with Gasteiger partial charge in [0.05, 0.1) is 24.6 Å². The topological polar surface area (TPSA) is 79.8 Å². The van der Waals surface area contributed by atoms with E-state index in [1.807, 2.05) is 18.2 Å². The molecule has 0 radical (unpaired) electrons. The molecule has 2 aliphatic rings. The molecule has 3 heterocycles. The molecule has 1 amide bonds. The average molecular weight is 353 g/mol. The summed E-state index contributed by atoms with van der Waals surface area (Å²) in [6.07, 6.45) is 3.64. The third-order valence-corrected chi connectivity index (χ3v) is 6.03. The van der Waals surface area contributed by atoms with Crippen LogP contribution in [0.2, 0.25) is 0 Å². The number of hydrogen-bond acceptors (Lipinski definition) is 5. The zero-order valence-corrected chi connectivity index (χ0v) is 14.8. The van der Waals surface area contributed by atoms with E-state index in [9.17, 15) is 13.2 Å². The number of piperidine rings is 1. The lowest BCUT2D eigenvalue weighted by atomic mass is 9.92. The minimum atomic E-state index is -3.21. The van der Waals surface area contributed by atoms with Crippen molar-refractivity contribution in [3.63, 3.8) is 0 Å². The van der Waals surface area contributed by atoms with Crippen LogP contribution in [0.4, 0.5) is 0 Å². The highest BCUT2D eigenvalue weighted by molar-refractivity contribution is 7.88. The number of carbonyl (C=O) groups excluding carboxylic acids is 1. The van der Waals surface area contributed by atoms with Crippen molar-refractivity contribution in [2.45, 2.75) is 31.6 Å². The van der Waals surface area contributed by atoms with Gasteiger partial charge in [-0.25, -0.2) is 8.42 Å². The summed E-state index contributed by atoms with van der Waals surface area (Å²) in [6.45, 7) is 1.29. The van der Waals surface area contributed by atoms with Crippen LogP contribution in [0.25, 0.3) is 0 Å². The standard InChI is InChI=1S/C16H23N3O4S/c1-18(10-13-5-3-4-7-17-13)16(20)14-9-12-6-8-19(24(2,21)22)11-15(12)23-14/h3-5,7,12,14-15H,6,8-11H2,1-2H3/t12-,14+,15+/m1/s1. The lowest BCUT2D eigenvalue weighted by Crippen LogP contribution is -2.45. The number of amides is 1. The van der Waals surface area contributed by atoms with Crippen LogP contribution in [0.3, 0.4) is 0 Å². The Morgan fingerprint density at radius 1 is 1.46 bits per heavy atom. The van der Waals surface area contributed by atoms with Crippen LogP contribution in [-0.4, -0.2) is 67.1 Å². The summed E-state index contributed by atoms with van der Waals surface area (Å²) >= 11 is 0. The van der Waals surface area contributed by atoms with Crippen molar-refractivity contribution < 1.29 is 17.9 Å². The van der Waals surface area contributed by atoms with Gasteiger partial charge in [-0.05, 0) is 30.9 Å². The molecule has 0 bridgehead atoms. The van der Waals surface area contributed by atoms with Crippen molar-refractivity contribution in [3.05, 3.63) is 30.1 Å². The molecule has 7 nitrogen and oxygen atoms in total. The molecule has 3 atom stereocenters. The number of ether oxygens (including phenoxy) is 1. The molecule has 2 fully saturated rings. The van der Waals surface area contributed by atoms with E-state index in [-0.39, 0.29) is 17.9 Å². The first-order chi connectivity index (χ1) is 11.3. The van der Waals surface area contributed by atoms with E-state index < -0.39 is 16.1 Å². The van der Waals surface area contributed by atoms with E-state index in [1.54, 1.807) is 18.1 Å². The van der Waals surface area contributed by atoms with Gasteiger partial charge in [-0.1, -0.05) is 6.07 Å². The minimum absolute atomic E-state index is 0.0686. The maximum Gasteiger partial charge on any atom is 0.251 e. The maximum atomic E-state index is 12.6. The van der Waals surface area contributed by atoms with Crippen molar-refractivity contribution in [2.75, 3.05) is 26.4 Å². The predicted octanol–water partition coefficient (Wildman–Crippen LogP) is 0.479. The first-order valence-electron chi connectivity index (χ1n) is 8.10. The Hall–Kier alpha value is -1.51. The van der Waals surface area contributed by atoms with Gasteiger partial charge in [0.1, 0.15) is 6.10 Å². The molecular weight excluding hydrogens is 330 g/mol. The largest absolute Gasteiger partial charge is 0.363 e. The molecule has 1 aromatic heterocycles. The second-order valence-electron chi connectivity index (χ2n) is 6.58. The summed E-state index contributed by atoms with van der Waals surface area (Å²) in [4.78, 5) is 18.5. The molecule has 0 spiro atoms. The summed E-state index contributed by atoms with van der Waals surface area (Å²) in [5.41, 5.74) is 0.826. The van der Waals surface area contributed by atoms with Crippen molar-refractivity contribution in [1.29, 1.82) is 0 Å². The molecule has 2 aliphatic heterocycles. The van der Waals surface area contributed by atoms with E-state index in [0.717, 1.165) is 12.1 Å². The van der Waals surface area contributed by atoms with Gasteiger partial charge in [0.2, 0.25) is 10.0 Å². The number of nitrogens with zero attached hydrogens (tertiary/aromatic N) is 3. The van der Waals surface area contributed by atoms with E-state index in [1.165, 1.54) is 10.6 Å². The SMILES string of the molecule is CN(Cc1ccccn1)C(=O)[C@@H]1C[C@H]2CCN(S(C)(=O)=O)C[C@@H]2O1. The normalized spacial score (nSPS) is 27.7. The third kappa shape index (κ3) is 3.76. The minimum Gasteiger partial charge on any atom is -0.363 e. The van der Waals surface area contributed by atoms with Crippen molar-refractivity contribution >= 4 is 15.9 Å². The fourth-order valence-electron chi connectivity index (χ4n) is 3.42. The van der Waals surface area contributed by atoms with Crippen LogP contribution >= 0.6 is 0 Å². The summed E-state index contributed by atoms with van der Waals surface area (Å²) in [6, 6.07) is 5.60. The van der Waals surface area contributed by atoms with Gasteiger partial charge >= 0.3 is 0 Å². The van der Waals surface area contributed by atoms with Gasteiger partial charge in [-0.15, -0.1) is 0 Å². The van der Waals surface area contributed by atoms with Crippen LogP contribution < -0.4 is 0 Å². The van der Waals surface area contributed by atoms with E-state index in [4.69, 9.17) is 4.74 Å². The van der Waals surface area contributed by atoms with Gasteiger partial charge in [-0.2, -0.15) is 4.31 Å². The van der Waals surface area contributed by atoms with Gasteiger partial charge < -0.3 is 9.64 Å². The number of aromatic nitrogens is 1. The molecule has 0 aliphatic carbocycles. The predicted molar refractivity (Wildman–Crippen MR) is 88.5 cm³/mol. The van der Waals surface area contributed by atoms with E-state index >= 15 is 0 Å². The number of likely N-dealkylation sites (N-methyl/N-ethyl adjacent to an activating group) is 1. The molecule has 132 valence electrons. The van der Waals surface area contributed by atoms with Crippen molar-refractivity contribution in [1.82, 2.24) is 14.2 Å². The average Bonchev–Trinajstić information content (AvgIpc) is 2.97. The number of rotatable bonds is 4. The highest BCUT2D eigenvalue weighted by Gasteiger charge is 2.44. The highest BCUT2D eigenvalue weighted by Crippen LogP contribution is 2.34. The second kappa shape index (κ2) is 6.78. The van der Waals surface area contributed by atoms with Crippen molar-refractivity contribution in [2.24, 2.45) is 5.92 Å². The van der Waals surface area contributed by atoms with Gasteiger partial charge in [-0.3, -0.25) is 9.78 Å². The molecule has 2 saturated heterocycles. The van der Waals surface area contributed by atoms with Crippen LogP contribution in [0.5, 0.6) is 0 Å². The third-order valence-electron chi connectivity index (χ3n) is 4.76. The number of carbonyl (C=O) groups is 1. The van der Waals surface area contributed by atoms with Crippen LogP contribution in [-0.2, 0) is 26.1 Å². The number of hydrogen-bond donors (Lipinski definition) is 0. The molecule has 0 aromatic carbocycles. The van der Waals surface area contributed by atoms with E-state index in [2.05, 4.69) is 4.98 Å². The maximum absolute atomic E-state index is 12.6. The zero-order valence-electron chi connectivity index (χ0n) is 14.0. The van der Waals surface area contributed by atoms with Gasteiger partial charge in [0, 0.05) is 26.3 Å². The highest BCUT2D eigenvalue weighted by atomic mass is 32.2. The van der Waals surface area contributed by atoms with E-state index in [0.29, 0.717) is 26.1 Å². The number of sulfonamides is 1. The first kappa shape index (κ1) is 17.3. The Balaban J connectivity index is 1.60. The fourth-order valence-corrected chi connectivity index (χ4v) is 4.28. The van der Waals surface area contributed by atoms with Crippen molar-refractivity contribution in [3.8, 4) is 0 Å². The molecular formula is C16H23N3O4S. The molecule has 24 heavy (non-hydrogen) atoms. The summed E-state index contributed by atoms with van der Waals surface area (Å²) < 4.78 is 30.7. The summed E-state index contributed by atoms with van der Waals surface area (Å²) in [5, 5.41) is 0. The molecule has 3 rings (SSSR count).